The second-order valence-corrected chi connectivity index (χ2v) is 4.36. The minimum absolute atomic E-state index is 0.153. The van der Waals surface area contributed by atoms with E-state index in [0.717, 1.165) is 5.82 Å². The van der Waals surface area contributed by atoms with Gasteiger partial charge in [0.2, 0.25) is 0 Å². The average Bonchev–Trinajstić information content (AvgIpc) is 2.88. The van der Waals surface area contributed by atoms with Gasteiger partial charge in [-0.2, -0.15) is 5.10 Å². The molecule has 16 heavy (non-hydrogen) atoms. The SMILES string of the molecule is O=C(NCCc1ncn[nH]1)c1sccc1Cl. The number of carbonyl (C=O) groups is 1. The number of hydrogen-bond donors (Lipinski definition) is 2. The first-order valence-electron chi connectivity index (χ1n) is 4.63. The Kier molecular flexibility index (Phi) is 3.53. The van der Waals surface area contributed by atoms with Crippen molar-refractivity contribution < 1.29 is 4.79 Å². The molecule has 0 unspecified atom stereocenters. The van der Waals surface area contributed by atoms with Crippen molar-refractivity contribution in [2.45, 2.75) is 6.42 Å². The van der Waals surface area contributed by atoms with E-state index >= 15 is 0 Å². The lowest BCUT2D eigenvalue weighted by molar-refractivity contribution is 0.0958. The van der Waals surface area contributed by atoms with E-state index in [9.17, 15) is 4.79 Å². The molecular weight excluding hydrogens is 248 g/mol. The van der Waals surface area contributed by atoms with E-state index in [0.29, 0.717) is 22.9 Å². The summed E-state index contributed by atoms with van der Waals surface area (Å²) >= 11 is 7.16. The highest BCUT2D eigenvalue weighted by Gasteiger charge is 2.10. The Bertz CT molecular complexity index is 468. The molecule has 0 aliphatic carbocycles. The highest BCUT2D eigenvalue weighted by molar-refractivity contribution is 7.12. The van der Waals surface area contributed by atoms with Crippen LogP contribution in [0.4, 0.5) is 0 Å². The van der Waals surface area contributed by atoms with Crippen molar-refractivity contribution in [3.63, 3.8) is 0 Å². The number of rotatable bonds is 4. The number of hydrogen-bond acceptors (Lipinski definition) is 4. The van der Waals surface area contributed by atoms with Gasteiger partial charge in [0.25, 0.3) is 5.91 Å². The van der Waals surface area contributed by atoms with Crippen molar-refractivity contribution in [2.24, 2.45) is 0 Å². The Hall–Kier alpha value is -1.40. The molecule has 0 aliphatic heterocycles. The summed E-state index contributed by atoms with van der Waals surface area (Å²) in [6.45, 7) is 0.502. The van der Waals surface area contributed by atoms with E-state index in [1.54, 1.807) is 11.4 Å². The third kappa shape index (κ3) is 2.59. The molecule has 0 saturated heterocycles. The summed E-state index contributed by atoms with van der Waals surface area (Å²) in [7, 11) is 0. The van der Waals surface area contributed by atoms with Crippen molar-refractivity contribution in [1.29, 1.82) is 0 Å². The maximum atomic E-state index is 11.6. The predicted molar refractivity (Wildman–Crippen MR) is 61.7 cm³/mol. The van der Waals surface area contributed by atoms with Gasteiger partial charge < -0.3 is 5.32 Å². The minimum atomic E-state index is -0.153. The van der Waals surface area contributed by atoms with Crippen LogP contribution in [0.3, 0.4) is 0 Å². The van der Waals surface area contributed by atoms with Crippen LogP contribution in [0.15, 0.2) is 17.8 Å². The standard InChI is InChI=1S/C9H9ClN4OS/c10-6-2-4-16-8(6)9(15)11-3-1-7-12-5-13-14-7/h2,4-5H,1,3H2,(H,11,15)(H,12,13,14). The number of halogens is 1. The molecular formula is C9H9ClN4OS. The molecule has 0 saturated carbocycles. The summed E-state index contributed by atoms with van der Waals surface area (Å²) in [4.78, 5) is 16.1. The molecule has 2 heterocycles. The maximum Gasteiger partial charge on any atom is 0.262 e. The van der Waals surface area contributed by atoms with E-state index in [4.69, 9.17) is 11.6 Å². The quantitative estimate of drug-likeness (QED) is 0.871. The monoisotopic (exact) mass is 256 g/mol. The van der Waals surface area contributed by atoms with Gasteiger partial charge in [0.1, 0.15) is 17.0 Å². The maximum absolute atomic E-state index is 11.6. The third-order valence-corrected chi connectivity index (χ3v) is 3.28. The number of nitrogens with zero attached hydrogens (tertiary/aromatic N) is 2. The van der Waals surface area contributed by atoms with E-state index in [2.05, 4.69) is 20.5 Å². The average molecular weight is 257 g/mol. The summed E-state index contributed by atoms with van der Waals surface area (Å²) in [6, 6.07) is 1.71. The Morgan fingerprint density at radius 1 is 1.62 bits per heavy atom. The fourth-order valence-electron chi connectivity index (χ4n) is 1.18. The zero-order chi connectivity index (χ0) is 11.4. The second kappa shape index (κ2) is 5.09. The Labute approximate surface area is 101 Å². The lowest BCUT2D eigenvalue weighted by Crippen LogP contribution is -2.25. The van der Waals surface area contributed by atoms with E-state index in [1.807, 2.05) is 0 Å². The third-order valence-electron chi connectivity index (χ3n) is 1.94. The highest BCUT2D eigenvalue weighted by atomic mass is 35.5. The fourth-order valence-corrected chi connectivity index (χ4v) is 2.24. The molecule has 0 spiro atoms. The van der Waals surface area contributed by atoms with Crippen molar-refractivity contribution in [1.82, 2.24) is 20.5 Å². The van der Waals surface area contributed by atoms with Gasteiger partial charge in [0, 0.05) is 13.0 Å². The molecule has 84 valence electrons. The van der Waals surface area contributed by atoms with E-state index in [-0.39, 0.29) is 5.91 Å². The normalized spacial score (nSPS) is 10.3. The van der Waals surface area contributed by atoms with Crippen molar-refractivity contribution in [3.05, 3.63) is 33.5 Å². The Balaban J connectivity index is 1.83. The second-order valence-electron chi connectivity index (χ2n) is 3.04. The van der Waals surface area contributed by atoms with E-state index in [1.165, 1.54) is 17.7 Å². The van der Waals surface area contributed by atoms with Crippen LogP contribution < -0.4 is 5.32 Å². The molecule has 2 N–H and O–H groups in total. The number of aromatic nitrogens is 3. The molecule has 2 aromatic heterocycles. The Morgan fingerprint density at radius 3 is 3.12 bits per heavy atom. The molecule has 2 rings (SSSR count). The molecule has 0 atom stereocenters. The van der Waals surface area contributed by atoms with Gasteiger partial charge in [-0.1, -0.05) is 11.6 Å². The summed E-state index contributed by atoms with van der Waals surface area (Å²) in [5, 5.41) is 11.5. The molecule has 0 aromatic carbocycles. The highest BCUT2D eigenvalue weighted by Crippen LogP contribution is 2.21. The van der Waals surface area contributed by atoms with Crippen molar-refractivity contribution >= 4 is 28.8 Å². The predicted octanol–water partition coefficient (Wildman–Crippen LogP) is 1.49. The van der Waals surface area contributed by atoms with Gasteiger partial charge in [0.15, 0.2) is 0 Å². The first kappa shape index (κ1) is 11.1. The smallest absolute Gasteiger partial charge is 0.262 e. The van der Waals surface area contributed by atoms with Crippen LogP contribution in [0.25, 0.3) is 0 Å². The molecule has 2 aromatic rings. The minimum Gasteiger partial charge on any atom is -0.351 e. The van der Waals surface area contributed by atoms with Crippen LogP contribution in [-0.4, -0.2) is 27.6 Å². The summed E-state index contributed by atoms with van der Waals surface area (Å²) < 4.78 is 0. The molecule has 0 fully saturated rings. The van der Waals surface area contributed by atoms with Crippen LogP contribution in [-0.2, 0) is 6.42 Å². The molecule has 0 radical (unpaired) electrons. The number of aromatic amines is 1. The van der Waals surface area contributed by atoms with Gasteiger partial charge in [0.05, 0.1) is 5.02 Å². The number of H-pyrrole nitrogens is 1. The number of thiophene rings is 1. The summed E-state index contributed by atoms with van der Waals surface area (Å²) in [5.41, 5.74) is 0. The van der Waals surface area contributed by atoms with Crippen LogP contribution in [0.1, 0.15) is 15.5 Å². The number of amides is 1. The van der Waals surface area contributed by atoms with Gasteiger partial charge in [-0.05, 0) is 11.4 Å². The van der Waals surface area contributed by atoms with Crippen LogP contribution in [0, 0.1) is 0 Å². The molecule has 0 aliphatic rings. The number of carbonyl (C=O) groups excluding carboxylic acids is 1. The number of nitrogens with one attached hydrogen (secondary N) is 2. The molecule has 0 bridgehead atoms. The zero-order valence-corrected chi connectivity index (χ0v) is 9.81. The van der Waals surface area contributed by atoms with Gasteiger partial charge in [-0.3, -0.25) is 9.89 Å². The van der Waals surface area contributed by atoms with Gasteiger partial charge in [-0.25, -0.2) is 4.98 Å². The van der Waals surface area contributed by atoms with Crippen molar-refractivity contribution in [3.8, 4) is 0 Å². The van der Waals surface area contributed by atoms with Crippen molar-refractivity contribution in [2.75, 3.05) is 6.54 Å². The lowest BCUT2D eigenvalue weighted by atomic mass is 10.4. The van der Waals surface area contributed by atoms with Crippen LogP contribution in [0.5, 0.6) is 0 Å². The first-order valence-corrected chi connectivity index (χ1v) is 5.88. The van der Waals surface area contributed by atoms with E-state index < -0.39 is 0 Å². The first-order chi connectivity index (χ1) is 7.77. The summed E-state index contributed by atoms with van der Waals surface area (Å²) in [6.07, 6.45) is 2.06. The van der Waals surface area contributed by atoms with Crippen LogP contribution >= 0.6 is 22.9 Å². The lowest BCUT2D eigenvalue weighted by Gasteiger charge is -2.01. The van der Waals surface area contributed by atoms with Gasteiger partial charge >= 0.3 is 0 Å². The fraction of sp³-hybridized carbons (Fsp3) is 0.222. The molecule has 7 heteroatoms. The molecule has 1 amide bonds. The van der Waals surface area contributed by atoms with Gasteiger partial charge in [-0.15, -0.1) is 11.3 Å². The largest absolute Gasteiger partial charge is 0.351 e. The summed E-state index contributed by atoms with van der Waals surface area (Å²) in [5.74, 6) is 0.595. The topological polar surface area (TPSA) is 70.7 Å². The molecule has 5 nitrogen and oxygen atoms in total. The Morgan fingerprint density at radius 2 is 2.50 bits per heavy atom. The zero-order valence-electron chi connectivity index (χ0n) is 8.24. The van der Waals surface area contributed by atoms with Crippen LogP contribution in [0.2, 0.25) is 5.02 Å².